The predicted octanol–water partition coefficient (Wildman–Crippen LogP) is -0.185. The molecule has 0 aromatic heterocycles. The molecule has 1 aliphatic rings. The van der Waals surface area contributed by atoms with E-state index < -0.39 is 0 Å². The van der Waals surface area contributed by atoms with Crippen molar-refractivity contribution >= 4 is 34.3 Å². The minimum atomic E-state index is 0.229. The summed E-state index contributed by atoms with van der Waals surface area (Å²) in [5.41, 5.74) is 10.6. The summed E-state index contributed by atoms with van der Waals surface area (Å²) < 4.78 is 0. The largest absolute Gasteiger partial charge is 0.375 e. The summed E-state index contributed by atoms with van der Waals surface area (Å²) in [4.78, 5) is 4.18. The molecule has 4 nitrogen and oxygen atoms in total. The fourth-order valence-electron chi connectivity index (χ4n) is 0.661. The van der Waals surface area contributed by atoms with Gasteiger partial charge in [0, 0.05) is 5.25 Å². The zero-order chi connectivity index (χ0) is 8.27. The van der Waals surface area contributed by atoms with Crippen LogP contribution < -0.4 is 16.6 Å². The maximum atomic E-state index is 5.20. The normalized spacial score (nSPS) is 22.6. The SMILES string of the molecule is CC1CN=C(NNC(N)=S)S1. The van der Waals surface area contributed by atoms with Crippen molar-refractivity contribution in [1.82, 2.24) is 10.9 Å². The second-order valence-corrected chi connectivity index (χ2v) is 4.06. The number of hydrogen-bond acceptors (Lipinski definition) is 4. The van der Waals surface area contributed by atoms with E-state index in [9.17, 15) is 0 Å². The molecule has 1 heterocycles. The van der Waals surface area contributed by atoms with Crippen LogP contribution in [-0.4, -0.2) is 22.1 Å². The highest BCUT2D eigenvalue weighted by Crippen LogP contribution is 2.17. The Balaban J connectivity index is 2.23. The van der Waals surface area contributed by atoms with Crippen LogP contribution in [0.2, 0.25) is 0 Å². The third-order valence-corrected chi connectivity index (χ3v) is 2.21. The summed E-state index contributed by atoms with van der Waals surface area (Å²) in [6, 6.07) is 0. The molecule has 1 atom stereocenters. The molecule has 11 heavy (non-hydrogen) atoms. The van der Waals surface area contributed by atoms with Gasteiger partial charge in [-0.05, 0) is 12.2 Å². The van der Waals surface area contributed by atoms with Crippen molar-refractivity contribution in [2.45, 2.75) is 12.2 Å². The van der Waals surface area contributed by atoms with Crippen molar-refractivity contribution in [2.75, 3.05) is 6.54 Å². The molecule has 0 saturated heterocycles. The van der Waals surface area contributed by atoms with Crippen molar-refractivity contribution < 1.29 is 0 Å². The average Bonchev–Trinajstić information content (AvgIpc) is 2.31. The topological polar surface area (TPSA) is 62.4 Å². The molecular formula is C5H10N4S2. The summed E-state index contributed by atoms with van der Waals surface area (Å²) >= 11 is 6.27. The van der Waals surface area contributed by atoms with E-state index in [2.05, 4.69) is 35.0 Å². The fraction of sp³-hybridized carbons (Fsp3) is 0.600. The Hall–Kier alpha value is -0.490. The Kier molecular flexibility index (Phi) is 2.95. The molecule has 0 radical (unpaired) electrons. The Labute approximate surface area is 75.0 Å². The van der Waals surface area contributed by atoms with Gasteiger partial charge in [0.1, 0.15) is 0 Å². The Morgan fingerprint density at radius 3 is 3.09 bits per heavy atom. The highest BCUT2D eigenvalue weighted by molar-refractivity contribution is 8.14. The van der Waals surface area contributed by atoms with Gasteiger partial charge >= 0.3 is 0 Å². The van der Waals surface area contributed by atoms with Gasteiger partial charge in [0.05, 0.1) is 6.54 Å². The van der Waals surface area contributed by atoms with E-state index in [1.54, 1.807) is 11.8 Å². The van der Waals surface area contributed by atoms with Crippen molar-refractivity contribution in [3.05, 3.63) is 0 Å². The Bertz CT molecular complexity index is 191. The number of thiocarbonyl (C=S) groups is 1. The lowest BCUT2D eigenvalue weighted by atomic mass is 10.5. The molecule has 0 fully saturated rings. The first-order valence-corrected chi connectivity index (χ1v) is 4.50. The molecular weight excluding hydrogens is 180 g/mol. The standard InChI is InChI=1S/C5H10N4S2/c1-3-2-7-5(11-3)9-8-4(6)10/h3H,2H2,1H3,(H,7,9)(H3,6,8,10). The van der Waals surface area contributed by atoms with Crippen molar-refractivity contribution in [3.8, 4) is 0 Å². The van der Waals surface area contributed by atoms with Crippen LogP contribution >= 0.6 is 24.0 Å². The number of rotatable bonds is 0. The first kappa shape index (κ1) is 8.61. The minimum Gasteiger partial charge on any atom is -0.375 e. The van der Waals surface area contributed by atoms with Gasteiger partial charge in [0.25, 0.3) is 0 Å². The summed E-state index contributed by atoms with van der Waals surface area (Å²) in [5, 5.41) is 1.63. The number of thioether (sulfide) groups is 1. The van der Waals surface area contributed by atoms with Gasteiger partial charge in [-0.15, -0.1) is 0 Å². The first-order chi connectivity index (χ1) is 5.18. The van der Waals surface area contributed by atoms with Crippen molar-refractivity contribution in [3.63, 3.8) is 0 Å². The summed E-state index contributed by atoms with van der Waals surface area (Å²) in [5.74, 6) is 0. The second kappa shape index (κ2) is 3.77. The fourth-order valence-corrected chi connectivity index (χ4v) is 1.50. The number of nitrogens with one attached hydrogen (secondary N) is 2. The molecule has 0 amide bonds. The van der Waals surface area contributed by atoms with Gasteiger partial charge < -0.3 is 5.73 Å². The molecule has 0 bridgehead atoms. The molecule has 0 aliphatic carbocycles. The van der Waals surface area contributed by atoms with Crippen LogP contribution in [0.1, 0.15) is 6.92 Å². The van der Waals surface area contributed by atoms with E-state index in [0.29, 0.717) is 5.25 Å². The first-order valence-electron chi connectivity index (χ1n) is 3.21. The maximum Gasteiger partial charge on any atom is 0.182 e. The summed E-state index contributed by atoms with van der Waals surface area (Å²) in [6.07, 6.45) is 0. The highest BCUT2D eigenvalue weighted by atomic mass is 32.2. The van der Waals surface area contributed by atoms with Crippen LogP contribution in [-0.2, 0) is 0 Å². The number of hydrazine groups is 1. The van der Waals surface area contributed by atoms with Crippen LogP contribution in [0.5, 0.6) is 0 Å². The number of aliphatic imine (C=N–C) groups is 1. The molecule has 0 spiro atoms. The molecule has 6 heteroatoms. The minimum absolute atomic E-state index is 0.229. The van der Waals surface area contributed by atoms with Gasteiger partial charge in [-0.1, -0.05) is 18.7 Å². The summed E-state index contributed by atoms with van der Waals surface area (Å²) in [7, 11) is 0. The number of nitrogens with two attached hydrogens (primary N) is 1. The number of nitrogens with zero attached hydrogens (tertiary/aromatic N) is 1. The lowest BCUT2D eigenvalue weighted by molar-refractivity contribution is 0.874. The van der Waals surface area contributed by atoms with Gasteiger partial charge in [-0.2, -0.15) is 0 Å². The Morgan fingerprint density at radius 2 is 2.64 bits per heavy atom. The van der Waals surface area contributed by atoms with E-state index in [0.717, 1.165) is 11.7 Å². The maximum absolute atomic E-state index is 5.20. The van der Waals surface area contributed by atoms with E-state index in [-0.39, 0.29) is 5.11 Å². The van der Waals surface area contributed by atoms with Crippen molar-refractivity contribution in [1.29, 1.82) is 0 Å². The quantitative estimate of drug-likeness (QED) is 0.365. The molecule has 1 rings (SSSR count). The third kappa shape index (κ3) is 2.94. The van der Waals surface area contributed by atoms with Crippen LogP contribution in [0.15, 0.2) is 4.99 Å². The second-order valence-electron chi connectivity index (χ2n) is 2.19. The molecule has 0 aromatic rings. The zero-order valence-corrected chi connectivity index (χ0v) is 7.76. The zero-order valence-electron chi connectivity index (χ0n) is 6.13. The summed E-state index contributed by atoms with van der Waals surface area (Å²) in [6.45, 7) is 2.97. The van der Waals surface area contributed by atoms with Crippen LogP contribution in [0, 0.1) is 0 Å². The molecule has 1 aliphatic heterocycles. The van der Waals surface area contributed by atoms with Crippen LogP contribution in [0.25, 0.3) is 0 Å². The van der Waals surface area contributed by atoms with E-state index in [1.807, 2.05) is 0 Å². The van der Waals surface area contributed by atoms with E-state index in [4.69, 9.17) is 5.73 Å². The number of hydrogen-bond donors (Lipinski definition) is 3. The molecule has 1 unspecified atom stereocenters. The predicted molar refractivity (Wildman–Crippen MR) is 52.4 cm³/mol. The van der Waals surface area contributed by atoms with Crippen molar-refractivity contribution in [2.24, 2.45) is 10.7 Å². The molecule has 0 aromatic carbocycles. The monoisotopic (exact) mass is 190 g/mol. The third-order valence-electron chi connectivity index (χ3n) is 1.10. The average molecular weight is 190 g/mol. The lowest BCUT2D eigenvalue weighted by Crippen LogP contribution is -2.42. The smallest absolute Gasteiger partial charge is 0.182 e. The number of amidine groups is 1. The van der Waals surface area contributed by atoms with Gasteiger partial charge in [-0.25, -0.2) is 0 Å². The molecule has 62 valence electrons. The highest BCUT2D eigenvalue weighted by Gasteiger charge is 2.13. The van der Waals surface area contributed by atoms with Crippen LogP contribution in [0.3, 0.4) is 0 Å². The van der Waals surface area contributed by atoms with Crippen LogP contribution in [0.4, 0.5) is 0 Å². The lowest BCUT2D eigenvalue weighted by Gasteiger charge is -2.05. The molecule has 0 saturated carbocycles. The Morgan fingerprint density at radius 1 is 1.91 bits per heavy atom. The van der Waals surface area contributed by atoms with Gasteiger partial charge in [0.15, 0.2) is 10.3 Å². The van der Waals surface area contributed by atoms with E-state index in [1.165, 1.54) is 0 Å². The van der Waals surface area contributed by atoms with Gasteiger partial charge in [-0.3, -0.25) is 15.8 Å². The van der Waals surface area contributed by atoms with E-state index >= 15 is 0 Å². The molecule has 4 N–H and O–H groups in total. The van der Waals surface area contributed by atoms with Gasteiger partial charge in [0.2, 0.25) is 0 Å².